The molecule has 0 amide bonds. The molecule has 0 aliphatic carbocycles. The Morgan fingerprint density at radius 3 is 2.39 bits per heavy atom. The van der Waals surface area contributed by atoms with Gasteiger partial charge in [0, 0.05) is 5.02 Å². The Morgan fingerprint density at radius 2 is 1.89 bits per heavy atom. The van der Waals surface area contributed by atoms with Crippen LogP contribution >= 0.6 is 11.6 Å². The van der Waals surface area contributed by atoms with Gasteiger partial charge in [0.1, 0.15) is 0 Å². The highest BCUT2D eigenvalue weighted by Gasteiger charge is 2.16. The molecule has 0 radical (unpaired) electrons. The Balaban J connectivity index is 2.79. The molecule has 1 atom stereocenters. The molecule has 0 nitrogen and oxygen atoms in total. The van der Waals surface area contributed by atoms with Crippen molar-refractivity contribution in [3.63, 3.8) is 0 Å². The van der Waals surface area contributed by atoms with Crippen molar-refractivity contribution in [2.45, 2.75) is 60.3 Å². The second-order valence-electron chi connectivity index (χ2n) is 6.34. The van der Waals surface area contributed by atoms with Crippen molar-refractivity contribution < 1.29 is 0 Å². The summed E-state index contributed by atoms with van der Waals surface area (Å²) in [5, 5.41) is 0.944. The third-order valence-corrected chi connectivity index (χ3v) is 4.37. The smallest absolute Gasteiger partial charge is 0.0440 e. The van der Waals surface area contributed by atoms with E-state index in [-0.39, 0.29) is 0 Å². The van der Waals surface area contributed by atoms with Crippen molar-refractivity contribution >= 4 is 11.6 Å². The van der Waals surface area contributed by atoms with Crippen molar-refractivity contribution in [1.82, 2.24) is 0 Å². The van der Waals surface area contributed by atoms with Gasteiger partial charge in [-0.05, 0) is 41.4 Å². The van der Waals surface area contributed by atoms with Gasteiger partial charge in [0.05, 0.1) is 0 Å². The Morgan fingerprint density at radius 1 is 1.22 bits per heavy atom. The summed E-state index contributed by atoms with van der Waals surface area (Å²) >= 11 is 6.40. The fourth-order valence-corrected chi connectivity index (χ4v) is 2.34. The summed E-state index contributed by atoms with van der Waals surface area (Å²) in [6.07, 6.45) is 4.60. The fourth-order valence-electron chi connectivity index (χ4n) is 2.06. The van der Waals surface area contributed by atoms with Gasteiger partial charge in [-0.1, -0.05) is 71.2 Å². The summed E-state index contributed by atoms with van der Waals surface area (Å²) in [4.78, 5) is 0. The zero-order chi connectivity index (χ0) is 13.8. The number of hydrogen-bond acceptors (Lipinski definition) is 0. The van der Waals surface area contributed by atoms with Crippen LogP contribution in [-0.2, 0) is 12.8 Å². The van der Waals surface area contributed by atoms with Crippen LogP contribution in [0.3, 0.4) is 0 Å². The van der Waals surface area contributed by atoms with E-state index in [0.29, 0.717) is 11.3 Å². The lowest BCUT2D eigenvalue weighted by Crippen LogP contribution is -2.13. The third kappa shape index (κ3) is 4.65. The Labute approximate surface area is 118 Å². The molecule has 1 unspecified atom stereocenters. The highest BCUT2D eigenvalue weighted by molar-refractivity contribution is 6.31. The first kappa shape index (κ1) is 15.6. The number of hydrogen-bond donors (Lipinski definition) is 0. The van der Waals surface area contributed by atoms with Gasteiger partial charge in [-0.25, -0.2) is 0 Å². The summed E-state index contributed by atoms with van der Waals surface area (Å²) in [6, 6.07) is 6.63. The third-order valence-electron chi connectivity index (χ3n) is 4.02. The second-order valence-corrected chi connectivity index (χ2v) is 6.75. The SMILES string of the molecule is CCC(C)Cc1ccc(CC(C)(C)CC)cc1Cl. The van der Waals surface area contributed by atoms with Crippen LogP contribution in [0.25, 0.3) is 0 Å². The largest absolute Gasteiger partial charge is 0.0840 e. The van der Waals surface area contributed by atoms with Crippen molar-refractivity contribution in [2.75, 3.05) is 0 Å². The predicted octanol–water partition coefficient (Wildman–Crippen LogP) is 5.91. The predicted molar refractivity (Wildman–Crippen MR) is 82.4 cm³/mol. The minimum Gasteiger partial charge on any atom is -0.0840 e. The normalized spacial score (nSPS) is 13.7. The molecule has 0 N–H and O–H groups in total. The lowest BCUT2D eigenvalue weighted by Gasteiger charge is -2.23. The lowest BCUT2D eigenvalue weighted by atomic mass is 9.83. The maximum Gasteiger partial charge on any atom is 0.0440 e. The molecule has 0 aliphatic heterocycles. The monoisotopic (exact) mass is 266 g/mol. The maximum atomic E-state index is 6.40. The molecule has 0 fully saturated rings. The summed E-state index contributed by atoms with van der Waals surface area (Å²) in [5.74, 6) is 0.709. The molecule has 0 heterocycles. The van der Waals surface area contributed by atoms with Crippen LogP contribution in [-0.4, -0.2) is 0 Å². The van der Waals surface area contributed by atoms with Gasteiger partial charge >= 0.3 is 0 Å². The number of halogens is 1. The zero-order valence-corrected chi connectivity index (χ0v) is 13.3. The Kier molecular flexibility index (Phi) is 5.72. The van der Waals surface area contributed by atoms with Crippen LogP contribution in [0, 0.1) is 11.3 Å². The van der Waals surface area contributed by atoms with E-state index in [4.69, 9.17) is 11.6 Å². The standard InChI is InChI=1S/C17H27Cl/c1-6-13(3)10-15-9-8-14(11-16(15)18)12-17(4,5)7-2/h8-9,11,13H,6-7,10,12H2,1-5H3. The van der Waals surface area contributed by atoms with E-state index in [1.165, 1.54) is 24.0 Å². The highest BCUT2D eigenvalue weighted by Crippen LogP contribution is 2.28. The van der Waals surface area contributed by atoms with E-state index in [0.717, 1.165) is 17.9 Å². The molecule has 0 saturated heterocycles. The van der Waals surface area contributed by atoms with Crippen molar-refractivity contribution in [3.05, 3.63) is 34.3 Å². The molecule has 18 heavy (non-hydrogen) atoms. The van der Waals surface area contributed by atoms with Gasteiger partial charge < -0.3 is 0 Å². The van der Waals surface area contributed by atoms with E-state index in [2.05, 4.69) is 52.8 Å². The molecular formula is C17H27Cl. The highest BCUT2D eigenvalue weighted by atomic mass is 35.5. The molecule has 1 rings (SSSR count). The number of benzene rings is 1. The second kappa shape index (κ2) is 6.61. The molecule has 1 aromatic rings. The molecule has 102 valence electrons. The first-order valence-corrected chi connectivity index (χ1v) is 7.53. The molecule has 0 aromatic heterocycles. The van der Waals surface area contributed by atoms with Gasteiger partial charge in [-0.2, -0.15) is 0 Å². The van der Waals surface area contributed by atoms with E-state index >= 15 is 0 Å². The van der Waals surface area contributed by atoms with Gasteiger partial charge in [0.2, 0.25) is 0 Å². The van der Waals surface area contributed by atoms with Gasteiger partial charge in [-0.15, -0.1) is 0 Å². The Bertz CT molecular complexity index is 379. The van der Waals surface area contributed by atoms with Gasteiger partial charge in [-0.3, -0.25) is 0 Å². The lowest BCUT2D eigenvalue weighted by molar-refractivity contribution is 0.349. The molecule has 0 saturated carbocycles. The van der Waals surface area contributed by atoms with Crippen LogP contribution in [0.5, 0.6) is 0 Å². The molecule has 1 heteroatoms. The van der Waals surface area contributed by atoms with Crippen LogP contribution in [0.4, 0.5) is 0 Å². The maximum absolute atomic E-state index is 6.40. The van der Waals surface area contributed by atoms with E-state index in [1.54, 1.807) is 0 Å². The average Bonchev–Trinajstić information content (AvgIpc) is 2.32. The first-order chi connectivity index (χ1) is 8.38. The molecule has 0 spiro atoms. The summed E-state index contributed by atoms with van der Waals surface area (Å²) < 4.78 is 0. The topological polar surface area (TPSA) is 0 Å². The van der Waals surface area contributed by atoms with Crippen molar-refractivity contribution in [1.29, 1.82) is 0 Å². The van der Waals surface area contributed by atoms with Gasteiger partial charge in [0.15, 0.2) is 0 Å². The molecule has 1 aromatic carbocycles. The van der Waals surface area contributed by atoms with E-state index in [1.807, 2.05) is 0 Å². The van der Waals surface area contributed by atoms with Crippen LogP contribution in [0.1, 0.15) is 58.6 Å². The summed E-state index contributed by atoms with van der Waals surface area (Å²) in [6.45, 7) is 11.4. The summed E-state index contributed by atoms with van der Waals surface area (Å²) in [5.41, 5.74) is 3.02. The zero-order valence-electron chi connectivity index (χ0n) is 12.5. The first-order valence-electron chi connectivity index (χ1n) is 7.15. The van der Waals surface area contributed by atoms with Crippen LogP contribution in [0.2, 0.25) is 5.02 Å². The minimum absolute atomic E-state index is 0.363. The number of rotatable bonds is 6. The average molecular weight is 267 g/mol. The minimum atomic E-state index is 0.363. The van der Waals surface area contributed by atoms with Crippen molar-refractivity contribution in [2.24, 2.45) is 11.3 Å². The van der Waals surface area contributed by atoms with Crippen molar-refractivity contribution in [3.8, 4) is 0 Å². The Hall–Kier alpha value is -0.490. The van der Waals surface area contributed by atoms with Crippen LogP contribution < -0.4 is 0 Å². The van der Waals surface area contributed by atoms with Gasteiger partial charge in [0.25, 0.3) is 0 Å². The van der Waals surface area contributed by atoms with E-state index in [9.17, 15) is 0 Å². The quantitative estimate of drug-likeness (QED) is 0.601. The molecular weight excluding hydrogens is 240 g/mol. The summed E-state index contributed by atoms with van der Waals surface area (Å²) in [7, 11) is 0. The molecule has 0 bridgehead atoms. The van der Waals surface area contributed by atoms with Crippen LogP contribution in [0.15, 0.2) is 18.2 Å². The molecule has 0 aliphatic rings. The fraction of sp³-hybridized carbons (Fsp3) is 0.647. The van der Waals surface area contributed by atoms with E-state index < -0.39 is 0 Å².